The summed E-state index contributed by atoms with van der Waals surface area (Å²) in [6.45, 7) is 1.92. The fourth-order valence-electron chi connectivity index (χ4n) is 0.777. The zero-order chi connectivity index (χ0) is 9.14. The number of rotatable bonds is 1. The van der Waals surface area contributed by atoms with E-state index in [0.29, 0.717) is 5.69 Å². The number of benzene rings is 1. The summed E-state index contributed by atoms with van der Waals surface area (Å²) in [4.78, 5) is 0. The Labute approximate surface area is 80.7 Å². The van der Waals surface area contributed by atoms with Crippen molar-refractivity contribution < 1.29 is 4.48 Å². The van der Waals surface area contributed by atoms with Crippen LogP contribution >= 0.6 is 23.8 Å². The van der Waals surface area contributed by atoms with E-state index in [9.17, 15) is 4.48 Å². The van der Waals surface area contributed by atoms with E-state index >= 15 is 0 Å². The van der Waals surface area contributed by atoms with Crippen molar-refractivity contribution in [3.8, 4) is 0 Å². The maximum absolute atomic E-state index is 12.9. The van der Waals surface area contributed by atoms with Crippen molar-refractivity contribution in [2.75, 3.05) is 5.12 Å². The summed E-state index contributed by atoms with van der Waals surface area (Å²) >= 11 is 9.73. The lowest BCUT2D eigenvalue weighted by Gasteiger charge is -2.09. The second-order valence-corrected chi connectivity index (χ2v) is 3.34. The summed E-state index contributed by atoms with van der Waals surface area (Å²) in [5.74, 6) is 0. The third-order valence-electron chi connectivity index (χ3n) is 1.42. The number of hydrogen-bond acceptors (Lipinski definition) is 1. The molecule has 0 bridgehead atoms. The van der Waals surface area contributed by atoms with Crippen LogP contribution in [0.3, 0.4) is 0 Å². The molecule has 0 N–H and O–H groups in total. The lowest BCUT2D eigenvalue weighted by molar-refractivity contribution is 0.528. The molecule has 0 aliphatic heterocycles. The molecule has 0 fully saturated rings. The van der Waals surface area contributed by atoms with Crippen molar-refractivity contribution in [1.29, 1.82) is 0 Å². The minimum absolute atomic E-state index is 0.260. The molecule has 0 heterocycles. The quantitative estimate of drug-likeness (QED) is 0.299. The first-order valence-corrected chi connectivity index (χ1v) is 4.12. The molecule has 1 nitrogen and oxygen atoms in total. The summed E-state index contributed by atoms with van der Waals surface area (Å²) in [5, 5.41) is 0.260. The van der Waals surface area contributed by atoms with Crippen LogP contribution in [-0.4, -0.2) is 4.45 Å². The third kappa shape index (κ3) is 2.16. The fraction of sp³-hybridized carbons (Fsp3) is 0.125. The van der Waals surface area contributed by atoms with Crippen LogP contribution in [-0.2, 0) is 0 Å². The van der Waals surface area contributed by atoms with Crippen LogP contribution in [0.5, 0.6) is 0 Å². The molecule has 0 spiro atoms. The van der Waals surface area contributed by atoms with Gasteiger partial charge in [0.1, 0.15) is 0 Å². The number of aryl methyl sites for hydroxylation is 1. The van der Waals surface area contributed by atoms with Gasteiger partial charge in [-0.1, -0.05) is 22.2 Å². The SMILES string of the molecule is Cc1ccc(N(F)C(=S)Cl)cc1. The van der Waals surface area contributed by atoms with Crippen molar-refractivity contribution in [3.05, 3.63) is 29.8 Å². The number of thiocarbonyl (C=S) groups is 1. The van der Waals surface area contributed by atoms with E-state index in [1.165, 1.54) is 0 Å². The topological polar surface area (TPSA) is 3.24 Å². The standard InChI is InChI=1S/C8H7ClFNS/c1-6-2-4-7(5-3-6)11(10)8(9)12/h2-5H,1H3. The molecular formula is C8H7ClFNS. The Hall–Kier alpha value is -0.670. The maximum atomic E-state index is 12.9. The highest BCUT2D eigenvalue weighted by atomic mass is 35.5. The number of hydrogen-bond donors (Lipinski definition) is 0. The summed E-state index contributed by atoms with van der Waals surface area (Å²) in [7, 11) is 0. The molecule has 4 heteroatoms. The van der Waals surface area contributed by atoms with Crippen LogP contribution in [0.15, 0.2) is 24.3 Å². The first-order chi connectivity index (χ1) is 5.61. The zero-order valence-corrected chi connectivity index (χ0v) is 7.99. The minimum atomic E-state index is -0.307. The molecule has 0 aromatic heterocycles. The minimum Gasteiger partial charge on any atom is -0.157 e. The van der Waals surface area contributed by atoms with Crippen LogP contribution in [0.1, 0.15) is 5.56 Å². The van der Waals surface area contributed by atoms with E-state index in [-0.39, 0.29) is 9.57 Å². The summed E-state index contributed by atoms with van der Waals surface area (Å²) in [5.41, 5.74) is 1.41. The molecule has 0 atom stereocenters. The van der Waals surface area contributed by atoms with Crippen LogP contribution < -0.4 is 5.12 Å². The molecule has 64 valence electrons. The van der Waals surface area contributed by atoms with Crippen LogP contribution in [0.2, 0.25) is 0 Å². The predicted molar refractivity (Wildman–Crippen MR) is 53.2 cm³/mol. The van der Waals surface area contributed by atoms with Gasteiger partial charge in [0.2, 0.25) is 4.45 Å². The molecule has 0 amide bonds. The molecule has 1 aromatic rings. The van der Waals surface area contributed by atoms with Gasteiger partial charge in [0.15, 0.2) is 0 Å². The Balaban J connectivity index is 2.89. The molecule has 0 saturated carbocycles. The highest BCUT2D eigenvalue weighted by Crippen LogP contribution is 2.17. The monoisotopic (exact) mass is 203 g/mol. The lowest BCUT2D eigenvalue weighted by Crippen LogP contribution is -2.13. The first kappa shape index (κ1) is 9.42. The summed E-state index contributed by atoms with van der Waals surface area (Å²) < 4.78 is 12.6. The van der Waals surface area contributed by atoms with Gasteiger partial charge in [0, 0.05) is 0 Å². The highest BCUT2D eigenvalue weighted by Gasteiger charge is 2.07. The van der Waals surface area contributed by atoms with Gasteiger partial charge in [-0.25, -0.2) is 0 Å². The smallest absolute Gasteiger partial charge is 0.157 e. The van der Waals surface area contributed by atoms with E-state index in [1.807, 2.05) is 6.92 Å². The van der Waals surface area contributed by atoms with Crippen molar-refractivity contribution in [2.45, 2.75) is 6.92 Å². The molecule has 0 saturated heterocycles. The lowest BCUT2D eigenvalue weighted by atomic mass is 10.2. The average molecular weight is 204 g/mol. The van der Waals surface area contributed by atoms with Gasteiger partial charge in [0.25, 0.3) is 0 Å². The Morgan fingerprint density at radius 2 is 1.92 bits per heavy atom. The Bertz CT molecular complexity index is 286. The maximum Gasteiger partial charge on any atom is 0.204 e. The van der Waals surface area contributed by atoms with Crippen molar-refractivity contribution in [1.82, 2.24) is 0 Å². The van der Waals surface area contributed by atoms with E-state index in [1.54, 1.807) is 24.3 Å². The molecule has 1 rings (SSSR count). The van der Waals surface area contributed by atoms with Crippen LogP contribution in [0, 0.1) is 6.92 Å². The Morgan fingerprint density at radius 3 is 2.33 bits per heavy atom. The van der Waals surface area contributed by atoms with Crippen LogP contribution in [0.25, 0.3) is 0 Å². The number of nitrogens with zero attached hydrogens (tertiary/aromatic N) is 1. The van der Waals surface area contributed by atoms with Gasteiger partial charge in [-0.3, -0.25) is 0 Å². The van der Waals surface area contributed by atoms with Crippen molar-refractivity contribution in [2.24, 2.45) is 0 Å². The van der Waals surface area contributed by atoms with Crippen LogP contribution in [0.4, 0.5) is 10.2 Å². The molecule has 0 aliphatic carbocycles. The fourth-order valence-corrected chi connectivity index (χ4v) is 0.980. The van der Waals surface area contributed by atoms with Gasteiger partial charge >= 0.3 is 0 Å². The van der Waals surface area contributed by atoms with Gasteiger partial charge in [-0.05, 0) is 42.9 Å². The highest BCUT2D eigenvalue weighted by molar-refractivity contribution is 7.83. The van der Waals surface area contributed by atoms with Crippen molar-refractivity contribution >= 4 is 34.0 Å². The molecule has 0 aliphatic rings. The molecule has 12 heavy (non-hydrogen) atoms. The first-order valence-electron chi connectivity index (χ1n) is 3.33. The summed E-state index contributed by atoms with van der Waals surface area (Å²) in [6.07, 6.45) is 0. The molecule has 0 unspecified atom stereocenters. The van der Waals surface area contributed by atoms with E-state index in [2.05, 4.69) is 12.2 Å². The average Bonchev–Trinajstić information content (AvgIpc) is 2.04. The van der Waals surface area contributed by atoms with E-state index < -0.39 is 0 Å². The normalized spacial score (nSPS) is 9.58. The Morgan fingerprint density at radius 1 is 1.42 bits per heavy atom. The molecular weight excluding hydrogens is 197 g/mol. The second kappa shape index (κ2) is 3.83. The van der Waals surface area contributed by atoms with Gasteiger partial charge < -0.3 is 0 Å². The van der Waals surface area contributed by atoms with Gasteiger partial charge in [0.05, 0.1) is 5.69 Å². The molecule has 0 radical (unpaired) electrons. The van der Waals surface area contributed by atoms with Gasteiger partial charge in [-0.15, -0.1) is 0 Å². The zero-order valence-electron chi connectivity index (χ0n) is 6.42. The van der Waals surface area contributed by atoms with E-state index in [0.717, 1.165) is 5.56 Å². The number of anilines is 1. The molecule has 1 aromatic carbocycles. The number of halogens is 2. The predicted octanol–water partition coefficient (Wildman–Crippen LogP) is 3.21. The second-order valence-electron chi connectivity index (χ2n) is 2.37. The third-order valence-corrected chi connectivity index (χ3v) is 1.72. The van der Waals surface area contributed by atoms with Gasteiger partial charge in [-0.2, -0.15) is 5.12 Å². The largest absolute Gasteiger partial charge is 0.204 e. The summed E-state index contributed by atoms with van der Waals surface area (Å²) in [6, 6.07) is 6.81. The Kier molecular flexibility index (Phi) is 3.00. The van der Waals surface area contributed by atoms with E-state index in [4.69, 9.17) is 11.6 Å². The van der Waals surface area contributed by atoms with Crippen molar-refractivity contribution in [3.63, 3.8) is 0 Å².